The first-order chi connectivity index (χ1) is 8.00. The number of hydrogen-bond donors (Lipinski definition) is 1. The van der Waals surface area contributed by atoms with E-state index in [-0.39, 0.29) is 5.92 Å². The van der Waals surface area contributed by atoms with Crippen LogP contribution >= 0.6 is 0 Å². The zero-order valence-corrected chi connectivity index (χ0v) is 10.6. The van der Waals surface area contributed by atoms with E-state index in [0.29, 0.717) is 12.5 Å². The zero-order valence-electron chi connectivity index (χ0n) is 10.6. The molecule has 0 saturated heterocycles. The average molecular weight is 233 g/mol. The van der Waals surface area contributed by atoms with Crippen molar-refractivity contribution in [2.75, 3.05) is 11.9 Å². The molecular weight excluding hydrogens is 214 g/mol. The summed E-state index contributed by atoms with van der Waals surface area (Å²) in [7, 11) is 2.09. The van der Waals surface area contributed by atoms with Gasteiger partial charge in [0.1, 0.15) is 0 Å². The van der Waals surface area contributed by atoms with Crippen LogP contribution in [0.1, 0.15) is 25.0 Å². The summed E-state index contributed by atoms with van der Waals surface area (Å²) in [6, 6.07) is 6.73. The summed E-state index contributed by atoms with van der Waals surface area (Å²) in [5, 5.41) is 9.00. The summed E-state index contributed by atoms with van der Waals surface area (Å²) in [4.78, 5) is 13.2. The second kappa shape index (κ2) is 4.40. The minimum atomic E-state index is -0.726. The first-order valence-corrected chi connectivity index (χ1v) is 6.07. The van der Waals surface area contributed by atoms with Gasteiger partial charge in [-0.15, -0.1) is 0 Å². The molecule has 92 valence electrons. The molecule has 1 aromatic carbocycles. The molecule has 0 radical (unpaired) electrons. The fourth-order valence-electron chi connectivity index (χ4n) is 2.52. The predicted octanol–water partition coefficient (Wildman–Crippen LogP) is 2.33. The number of fused-ring (bicyclic) bond motifs is 1. The number of nitrogens with zero attached hydrogens (tertiary/aromatic N) is 1. The summed E-state index contributed by atoms with van der Waals surface area (Å²) in [6.07, 6.45) is 1.66. The number of carbonyl (C=O) groups is 1. The lowest BCUT2D eigenvalue weighted by Crippen LogP contribution is -2.25. The summed E-state index contributed by atoms with van der Waals surface area (Å²) >= 11 is 0. The van der Waals surface area contributed by atoms with Crippen molar-refractivity contribution in [3.63, 3.8) is 0 Å². The molecule has 1 aliphatic heterocycles. The fraction of sp³-hybridized carbons (Fsp3) is 0.500. The lowest BCUT2D eigenvalue weighted by Gasteiger charge is -2.22. The third kappa shape index (κ3) is 2.14. The van der Waals surface area contributed by atoms with Crippen LogP contribution in [-0.4, -0.2) is 24.2 Å². The first-order valence-electron chi connectivity index (χ1n) is 6.07. The van der Waals surface area contributed by atoms with E-state index >= 15 is 0 Å². The van der Waals surface area contributed by atoms with Gasteiger partial charge in [0, 0.05) is 18.8 Å². The molecule has 0 aromatic heterocycles. The molecule has 1 N–H and O–H groups in total. The Labute approximate surface area is 102 Å². The van der Waals surface area contributed by atoms with Crippen molar-refractivity contribution in [1.29, 1.82) is 0 Å². The topological polar surface area (TPSA) is 40.5 Å². The van der Waals surface area contributed by atoms with Gasteiger partial charge < -0.3 is 10.0 Å². The molecule has 1 heterocycles. The van der Waals surface area contributed by atoms with E-state index in [0.717, 1.165) is 12.0 Å². The molecular formula is C14H19NO2. The molecule has 2 atom stereocenters. The smallest absolute Gasteiger partial charge is 0.306 e. The quantitative estimate of drug-likeness (QED) is 0.871. The lowest BCUT2D eigenvalue weighted by molar-refractivity contribution is -0.141. The van der Waals surface area contributed by atoms with Gasteiger partial charge >= 0.3 is 5.97 Å². The lowest BCUT2D eigenvalue weighted by atomic mass is 9.97. The normalized spacial score (nSPS) is 20.2. The Kier molecular flexibility index (Phi) is 3.09. The van der Waals surface area contributed by atoms with Crippen LogP contribution in [0.3, 0.4) is 0 Å². The third-order valence-electron chi connectivity index (χ3n) is 3.68. The SMILES string of the molecule is CC(Cc1cccc2c1N(C)C(C)C2)C(=O)O. The number of rotatable bonds is 3. The largest absolute Gasteiger partial charge is 0.481 e. The van der Waals surface area contributed by atoms with E-state index < -0.39 is 5.97 Å². The van der Waals surface area contributed by atoms with Gasteiger partial charge in [-0.3, -0.25) is 4.79 Å². The fourth-order valence-corrected chi connectivity index (χ4v) is 2.52. The minimum Gasteiger partial charge on any atom is -0.481 e. The van der Waals surface area contributed by atoms with Crippen LogP contribution in [0.25, 0.3) is 0 Å². The van der Waals surface area contributed by atoms with E-state index in [4.69, 9.17) is 5.11 Å². The van der Waals surface area contributed by atoms with Gasteiger partial charge in [0.2, 0.25) is 0 Å². The highest BCUT2D eigenvalue weighted by atomic mass is 16.4. The van der Waals surface area contributed by atoms with E-state index in [1.807, 2.05) is 12.1 Å². The van der Waals surface area contributed by atoms with Gasteiger partial charge in [-0.05, 0) is 30.9 Å². The van der Waals surface area contributed by atoms with Gasteiger partial charge in [-0.2, -0.15) is 0 Å². The van der Waals surface area contributed by atoms with Gasteiger partial charge in [-0.25, -0.2) is 0 Å². The van der Waals surface area contributed by atoms with Crippen molar-refractivity contribution in [1.82, 2.24) is 0 Å². The number of hydrogen-bond acceptors (Lipinski definition) is 2. The third-order valence-corrected chi connectivity index (χ3v) is 3.68. The Morgan fingerprint density at radius 3 is 2.94 bits per heavy atom. The van der Waals surface area contributed by atoms with Gasteiger partial charge in [-0.1, -0.05) is 25.1 Å². The summed E-state index contributed by atoms with van der Waals surface area (Å²) in [5.41, 5.74) is 3.74. The van der Waals surface area contributed by atoms with Crippen LogP contribution < -0.4 is 4.90 Å². The van der Waals surface area contributed by atoms with E-state index in [2.05, 4.69) is 24.9 Å². The van der Waals surface area contributed by atoms with E-state index in [1.165, 1.54) is 11.3 Å². The highest BCUT2D eigenvalue weighted by Crippen LogP contribution is 2.35. The van der Waals surface area contributed by atoms with Crippen LogP contribution in [-0.2, 0) is 17.6 Å². The maximum absolute atomic E-state index is 10.9. The Hall–Kier alpha value is -1.51. The average Bonchev–Trinajstić information content (AvgIpc) is 2.56. The molecule has 0 bridgehead atoms. The van der Waals surface area contributed by atoms with Gasteiger partial charge in [0.15, 0.2) is 0 Å². The molecule has 2 unspecified atom stereocenters. The molecule has 1 aromatic rings. The van der Waals surface area contributed by atoms with Crippen LogP contribution in [0.5, 0.6) is 0 Å². The van der Waals surface area contributed by atoms with Crippen LogP contribution in [0, 0.1) is 5.92 Å². The Balaban J connectivity index is 2.31. The number of likely N-dealkylation sites (N-methyl/N-ethyl adjacent to an activating group) is 1. The first kappa shape index (κ1) is 12.0. The highest BCUT2D eigenvalue weighted by Gasteiger charge is 2.26. The molecule has 2 rings (SSSR count). The summed E-state index contributed by atoms with van der Waals surface area (Å²) in [6.45, 7) is 3.96. The number of para-hydroxylation sites is 1. The molecule has 1 aliphatic rings. The van der Waals surface area contributed by atoms with Gasteiger partial charge in [0.05, 0.1) is 5.92 Å². The molecule has 0 amide bonds. The number of aliphatic carboxylic acids is 1. The predicted molar refractivity (Wildman–Crippen MR) is 68.5 cm³/mol. The van der Waals surface area contributed by atoms with Crippen molar-refractivity contribution >= 4 is 11.7 Å². The van der Waals surface area contributed by atoms with Crippen LogP contribution in [0.15, 0.2) is 18.2 Å². The summed E-state index contributed by atoms with van der Waals surface area (Å²) < 4.78 is 0. The number of anilines is 1. The van der Waals surface area contributed by atoms with E-state index in [1.54, 1.807) is 6.92 Å². The molecule has 3 nitrogen and oxygen atoms in total. The maximum Gasteiger partial charge on any atom is 0.306 e. The van der Waals surface area contributed by atoms with Crippen LogP contribution in [0.4, 0.5) is 5.69 Å². The second-order valence-electron chi connectivity index (χ2n) is 5.03. The summed E-state index contributed by atoms with van der Waals surface area (Å²) in [5.74, 6) is -1.05. The minimum absolute atomic E-state index is 0.328. The Bertz CT molecular complexity index is 442. The van der Waals surface area contributed by atoms with Crippen molar-refractivity contribution < 1.29 is 9.90 Å². The molecule has 17 heavy (non-hydrogen) atoms. The van der Waals surface area contributed by atoms with Crippen molar-refractivity contribution in [3.8, 4) is 0 Å². The molecule has 0 aliphatic carbocycles. The number of carboxylic acids is 1. The number of benzene rings is 1. The maximum atomic E-state index is 10.9. The molecule has 0 saturated carbocycles. The van der Waals surface area contributed by atoms with Crippen molar-refractivity contribution in [2.45, 2.75) is 32.7 Å². The number of carboxylic acid groups (broad SMARTS) is 1. The molecule has 3 heteroatoms. The van der Waals surface area contributed by atoms with Crippen LogP contribution in [0.2, 0.25) is 0 Å². The van der Waals surface area contributed by atoms with Gasteiger partial charge in [0.25, 0.3) is 0 Å². The Morgan fingerprint density at radius 2 is 2.29 bits per heavy atom. The van der Waals surface area contributed by atoms with Crippen molar-refractivity contribution in [3.05, 3.63) is 29.3 Å². The Morgan fingerprint density at radius 1 is 1.59 bits per heavy atom. The second-order valence-corrected chi connectivity index (χ2v) is 5.03. The molecule has 0 spiro atoms. The zero-order chi connectivity index (χ0) is 12.6. The monoisotopic (exact) mass is 233 g/mol. The van der Waals surface area contributed by atoms with E-state index in [9.17, 15) is 4.79 Å². The highest BCUT2D eigenvalue weighted by molar-refractivity contribution is 5.71. The van der Waals surface area contributed by atoms with Crippen molar-refractivity contribution in [2.24, 2.45) is 5.92 Å². The molecule has 0 fully saturated rings. The standard InChI is InChI=1S/C14H19NO2/c1-9(14(16)17)7-11-5-4-6-12-8-10(2)15(3)13(11)12/h4-6,9-10H,7-8H2,1-3H3,(H,16,17).